The van der Waals surface area contributed by atoms with Gasteiger partial charge in [-0.1, -0.05) is 40.9 Å². The Morgan fingerprint density at radius 2 is 1.92 bits per heavy atom. The van der Waals surface area contributed by atoms with Crippen molar-refractivity contribution < 1.29 is 9.53 Å². The van der Waals surface area contributed by atoms with E-state index >= 15 is 0 Å². The SMILES string of the molecule is Cc1ccc(OC(C(=O)c2ccc(Cl)cc2Cl)n2ccnc2)c(Cl)c1. The monoisotopic (exact) mass is 394 g/mol. The van der Waals surface area contributed by atoms with Crippen LogP contribution in [0.2, 0.25) is 15.1 Å². The van der Waals surface area contributed by atoms with E-state index in [1.54, 1.807) is 41.2 Å². The predicted octanol–water partition coefficient (Wildman–Crippen LogP) is 5.61. The van der Waals surface area contributed by atoms with Crippen LogP contribution in [0.3, 0.4) is 0 Å². The van der Waals surface area contributed by atoms with E-state index in [1.165, 1.54) is 12.4 Å². The third kappa shape index (κ3) is 3.98. The summed E-state index contributed by atoms with van der Waals surface area (Å²) < 4.78 is 7.44. The van der Waals surface area contributed by atoms with Gasteiger partial charge < -0.3 is 4.74 Å². The van der Waals surface area contributed by atoms with Gasteiger partial charge in [-0.05, 0) is 42.8 Å². The van der Waals surface area contributed by atoms with Gasteiger partial charge in [0, 0.05) is 23.0 Å². The summed E-state index contributed by atoms with van der Waals surface area (Å²) in [4.78, 5) is 17.0. The van der Waals surface area contributed by atoms with Crippen LogP contribution in [0.1, 0.15) is 22.1 Å². The first-order valence-electron chi connectivity index (χ1n) is 7.35. The summed E-state index contributed by atoms with van der Waals surface area (Å²) in [6, 6.07) is 10.0. The molecule has 2 aromatic carbocycles. The predicted molar refractivity (Wildman–Crippen MR) is 98.9 cm³/mol. The van der Waals surface area contributed by atoms with Crippen LogP contribution in [0.5, 0.6) is 5.75 Å². The van der Waals surface area contributed by atoms with E-state index < -0.39 is 6.23 Å². The zero-order valence-corrected chi connectivity index (χ0v) is 15.4. The van der Waals surface area contributed by atoms with Gasteiger partial charge in [-0.25, -0.2) is 4.98 Å². The number of carbonyl (C=O) groups excluding carboxylic acids is 1. The van der Waals surface area contributed by atoms with Crippen LogP contribution in [-0.4, -0.2) is 15.3 Å². The average molecular weight is 396 g/mol. The quantitative estimate of drug-likeness (QED) is 0.527. The molecule has 4 nitrogen and oxygen atoms in total. The van der Waals surface area contributed by atoms with E-state index in [1.807, 2.05) is 13.0 Å². The molecule has 0 aliphatic carbocycles. The summed E-state index contributed by atoms with van der Waals surface area (Å²) in [7, 11) is 0. The van der Waals surface area contributed by atoms with Gasteiger partial charge in [0.05, 0.1) is 16.4 Å². The van der Waals surface area contributed by atoms with E-state index in [2.05, 4.69) is 4.98 Å². The number of aromatic nitrogens is 2. The molecule has 0 N–H and O–H groups in total. The Labute approximate surface area is 159 Å². The second kappa shape index (κ2) is 7.48. The highest BCUT2D eigenvalue weighted by atomic mass is 35.5. The summed E-state index contributed by atoms with van der Waals surface area (Å²) >= 11 is 18.3. The number of imidazole rings is 1. The van der Waals surface area contributed by atoms with Crippen molar-refractivity contribution in [2.75, 3.05) is 0 Å². The van der Waals surface area contributed by atoms with Crippen molar-refractivity contribution in [3.63, 3.8) is 0 Å². The second-order valence-electron chi connectivity index (χ2n) is 5.40. The minimum atomic E-state index is -0.999. The Kier molecular flexibility index (Phi) is 5.33. The Hall–Kier alpha value is -2.01. The molecule has 0 spiro atoms. The molecule has 0 radical (unpaired) electrons. The first-order valence-corrected chi connectivity index (χ1v) is 8.48. The van der Waals surface area contributed by atoms with E-state index in [9.17, 15) is 4.79 Å². The van der Waals surface area contributed by atoms with Gasteiger partial charge in [0.25, 0.3) is 0 Å². The van der Waals surface area contributed by atoms with Gasteiger partial charge in [0.2, 0.25) is 12.0 Å². The molecule has 7 heteroatoms. The second-order valence-corrected chi connectivity index (χ2v) is 6.65. The highest BCUT2D eigenvalue weighted by molar-refractivity contribution is 6.37. The van der Waals surface area contributed by atoms with Crippen LogP contribution >= 0.6 is 34.8 Å². The summed E-state index contributed by atoms with van der Waals surface area (Å²) in [5.74, 6) is 0.0562. The van der Waals surface area contributed by atoms with Crippen molar-refractivity contribution in [3.05, 3.63) is 81.3 Å². The maximum absolute atomic E-state index is 13.0. The summed E-state index contributed by atoms with van der Waals surface area (Å²) in [6.45, 7) is 1.92. The zero-order valence-electron chi connectivity index (χ0n) is 13.1. The largest absolute Gasteiger partial charge is 0.461 e. The third-order valence-electron chi connectivity index (χ3n) is 3.54. The van der Waals surface area contributed by atoms with Gasteiger partial charge in [-0.3, -0.25) is 9.36 Å². The van der Waals surface area contributed by atoms with E-state index in [0.717, 1.165) is 5.56 Å². The van der Waals surface area contributed by atoms with Crippen LogP contribution in [0.25, 0.3) is 0 Å². The number of ether oxygens (including phenoxy) is 1. The molecule has 3 rings (SSSR count). The average Bonchev–Trinajstić information content (AvgIpc) is 3.08. The Balaban J connectivity index is 1.99. The van der Waals surface area contributed by atoms with Crippen molar-refractivity contribution in [1.82, 2.24) is 9.55 Å². The molecule has 0 fully saturated rings. The van der Waals surface area contributed by atoms with Crippen molar-refractivity contribution in [3.8, 4) is 5.75 Å². The number of halogens is 3. The lowest BCUT2D eigenvalue weighted by Gasteiger charge is -2.20. The molecule has 0 saturated heterocycles. The number of benzene rings is 2. The van der Waals surface area contributed by atoms with Crippen LogP contribution in [0.4, 0.5) is 0 Å². The van der Waals surface area contributed by atoms with Gasteiger partial charge in [-0.15, -0.1) is 0 Å². The fraction of sp³-hybridized carbons (Fsp3) is 0.111. The molecule has 1 atom stereocenters. The smallest absolute Gasteiger partial charge is 0.241 e. The first-order chi connectivity index (χ1) is 12.0. The normalized spacial score (nSPS) is 12.0. The number of carbonyl (C=O) groups is 1. The molecule has 128 valence electrons. The fourth-order valence-electron chi connectivity index (χ4n) is 2.30. The lowest BCUT2D eigenvalue weighted by Crippen LogP contribution is -2.25. The minimum absolute atomic E-state index is 0.251. The van der Waals surface area contributed by atoms with E-state index in [4.69, 9.17) is 39.5 Å². The summed E-state index contributed by atoms with van der Waals surface area (Å²) in [5, 5.41) is 1.12. The minimum Gasteiger partial charge on any atom is -0.461 e. The Morgan fingerprint density at radius 3 is 2.56 bits per heavy atom. The molecule has 0 aliphatic rings. The number of hydrogen-bond donors (Lipinski definition) is 0. The molecule has 0 amide bonds. The van der Waals surface area contributed by atoms with Crippen molar-refractivity contribution in [1.29, 1.82) is 0 Å². The fourth-order valence-corrected chi connectivity index (χ4v) is 3.08. The van der Waals surface area contributed by atoms with E-state index in [0.29, 0.717) is 21.4 Å². The highest BCUT2D eigenvalue weighted by Gasteiger charge is 2.26. The molecule has 25 heavy (non-hydrogen) atoms. The molecule has 0 bridgehead atoms. The third-order valence-corrected chi connectivity index (χ3v) is 4.39. The van der Waals surface area contributed by atoms with Gasteiger partial charge >= 0.3 is 0 Å². The molecular formula is C18H13Cl3N2O2. The number of rotatable bonds is 5. The van der Waals surface area contributed by atoms with Crippen molar-refractivity contribution in [2.24, 2.45) is 0 Å². The lowest BCUT2D eigenvalue weighted by atomic mass is 10.1. The number of Topliss-reactive ketones (excluding diaryl/α,β-unsaturated/α-hetero) is 1. The van der Waals surface area contributed by atoms with Gasteiger partial charge in [0.15, 0.2) is 0 Å². The Bertz CT molecular complexity index is 911. The maximum Gasteiger partial charge on any atom is 0.241 e. The first kappa shape index (κ1) is 17.8. The molecule has 0 saturated carbocycles. The number of hydrogen-bond acceptors (Lipinski definition) is 3. The number of nitrogens with zero attached hydrogens (tertiary/aromatic N) is 2. The van der Waals surface area contributed by atoms with E-state index in [-0.39, 0.29) is 10.8 Å². The Morgan fingerprint density at radius 1 is 1.12 bits per heavy atom. The standard InChI is InChI=1S/C18H13Cl3N2O2/c1-11-2-5-16(15(21)8-11)25-18(23-7-6-22-10-23)17(24)13-4-3-12(19)9-14(13)20/h2-10,18H,1H3. The maximum atomic E-state index is 13.0. The molecule has 1 aromatic heterocycles. The van der Waals surface area contributed by atoms with Crippen LogP contribution in [-0.2, 0) is 0 Å². The van der Waals surface area contributed by atoms with Crippen LogP contribution in [0, 0.1) is 6.92 Å². The van der Waals surface area contributed by atoms with Crippen LogP contribution in [0.15, 0.2) is 55.1 Å². The van der Waals surface area contributed by atoms with Crippen molar-refractivity contribution >= 4 is 40.6 Å². The summed E-state index contributed by atoms with van der Waals surface area (Å²) in [5.41, 5.74) is 1.29. The molecule has 3 aromatic rings. The molecule has 1 heterocycles. The molecule has 0 aliphatic heterocycles. The van der Waals surface area contributed by atoms with Gasteiger partial charge in [-0.2, -0.15) is 0 Å². The lowest BCUT2D eigenvalue weighted by molar-refractivity contribution is 0.0654. The van der Waals surface area contributed by atoms with Gasteiger partial charge in [0.1, 0.15) is 5.75 Å². The molecule has 1 unspecified atom stereocenters. The van der Waals surface area contributed by atoms with Crippen molar-refractivity contribution in [2.45, 2.75) is 13.2 Å². The highest BCUT2D eigenvalue weighted by Crippen LogP contribution is 2.31. The summed E-state index contributed by atoms with van der Waals surface area (Å²) in [6.07, 6.45) is 3.69. The molecular weight excluding hydrogens is 383 g/mol. The topological polar surface area (TPSA) is 44.1 Å². The zero-order chi connectivity index (χ0) is 18.0. The van der Waals surface area contributed by atoms with Crippen LogP contribution < -0.4 is 4.74 Å². The number of ketones is 1. The number of aryl methyl sites for hydroxylation is 1.